The van der Waals surface area contributed by atoms with Gasteiger partial charge < -0.3 is 10.1 Å². The first-order chi connectivity index (χ1) is 5.31. The highest BCUT2D eigenvalue weighted by atomic mass is 16.5. The minimum atomic E-state index is -0.429. The maximum atomic E-state index is 10.6. The second-order valence-electron chi connectivity index (χ2n) is 1.76. The predicted octanol–water partition coefficient (Wildman–Crippen LogP) is 0.754. The lowest BCUT2D eigenvalue weighted by Gasteiger charge is -1.95. The standard InChI is InChI=1S/C8H13NO2/c1-3-9-7-5-6-8(10)11-4-2/h5,7,9H,3-4H2,1-2H3. The molecular formula is C8H13NO2. The molecule has 0 bridgehead atoms. The first-order valence-corrected chi connectivity index (χ1v) is 3.63. The summed E-state index contributed by atoms with van der Waals surface area (Å²) < 4.78 is 4.59. The SMILES string of the molecule is CCNC=C[C]C(=O)OCC. The van der Waals surface area contributed by atoms with Gasteiger partial charge >= 0.3 is 5.97 Å². The van der Waals surface area contributed by atoms with Crippen LogP contribution >= 0.6 is 0 Å². The van der Waals surface area contributed by atoms with Gasteiger partial charge in [0.15, 0.2) is 0 Å². The fourth-order valence-corrected chi connectivity index (χ4v) is 0.459. The van der Waals surface area contributed by atoms with Gasteiger partial charge in [-0.25, -0.2) is 0 Å². The summed E-state index contributed by atoms with van der Waals surface area (Å²) in [5.41, 5.74) is 0. The molecule has 0 aliphatic heterocycles. The van der Waals surface area contributed by atoms with Crippen molar-refractivity contribution >= 4 is 5.97 Å². The van der Waals surface area contributed by atoms with E-state index in [4.69, 9.17) is 0 Å². The Bertz CT molecular complexity index is 132. The third-order valence-electron chi connectivity index (χ3n) is 0.882. The lowest BCUT2D eigenvalue weighted by atomic mass is 10.4. The van der Waals surface area contributed by atoms with Crippen LogP contribution in [0.1, 0.15) is 13.8 Å². The summed E-state index contributed by atoms with van der Waals surface area (Å²) in [6.07, 6.45) is 5.57. The van der Waals surface area contributed by atoms with Gasteiger partial charge in [0.2, 0.25) is 0 Å². The van der Waals surface area contributed by atoms with Crippen LogP contribution in [0.5, 0.6) is 0 Å². The molecule has 0 fully saturated rings. The molecule has 0 saturated carbocycles. The van der Waals surface area contributed by atoms with Crippen LogP contribution in [0.4, 0.5) is 0 Å². The third kappa shape index (κ3) is 6.90. The zero-order chi connectivity index (χ0) is 8.53. The monoisotopic (exact) mass is 155 g/mol. The maximum absolute atomic E-state index is 10.6. The van der Waals surface area contributed by atoms with E-state index < -0.39 is 5.97 Å². The zero-order valence-corrected chi connectivity index (χ0v) is 6.89. The van der Waals surface area contributed by atoms with Crippen molar-refractivity contribution in [3.8, 4) is 0 Å². The average Bonchev–Trinajstić information content (AvgIpc) is 1.99. The van der Waals surface area contributed by atoms with E-state index in [0.717, 1.165) is 6.54 Å². The smallest absolute Gasteiger partial charge is 0.319 e. The molecule has 3 nitrogen and oxygen atoms in total. The van der Waals surface area contributed by atoms with E-state index in [1.54, 1.807) is 13.1 Å². The first-order valence-electron chi connectivity index (χ1n) is 3.63. The number of ether oxygens (including phenoxy) is 1. The highest BCUT2D eigenvalue weighted by Gasteiger charge is 1.96. The summed E-state index contributed by atoms with van der Waals surface area (Å²) in [6.45, 7) is 4.95. The van der Waals surface area contributed by atoms with E-state index >= 15 is 0 Å². The molecule has 0 aromatic carbocycles. The fourth-order valence-electron chi connectivity index (χ4n) is 0.459. The van der Waals surface area contributed by atoms with Crippen LogP contribution in [0.2, 0.25) is 0 Å². The van der Waals surface area contributed by atoms with Gasteiger partial charge in [-0.2, -0.15) is 0 Å². The van der Waals surface area contributed by atoms with Crippen LogP contribution in [0.3, 0.4) is 0 Å². The highest BCUT2D eigenvalue weighted by Crippen LogP contribution is 1.84. The molecule has 11 heavy (non-hydrogen) atoms. The van der Waals surface area contributed by atoms with Crippen LogP contribution in [-0.2, 0) is 9.53 Å². The molecule has 62 valence electrons. The largest absolute Gasteiger partial charge is 0.465 e. The molecule has 0 saturated heterocycles. The molecule has 0 amide bonds. The van der Waals surface area contributed by atoms with E-state index in [1.807, 2.05) is 6.92 Å². The summed E-state index contributed by atoms with van der Waals surface area (Å²) in [5.74, 6) is -0.429. The minimum Gasteiger partial charge on any atom is -0.465 e. The Morgan fingerprint density at radius 1 is 1.64 bits per heavy atom. The number of esters is 1. The van der Waals surface area contributed by atoms with Crippen molar-refractivity contribution in [3.63, 3.8) is 0 Å². The quantitative estimate of drug-likeness (QED) is 0.595. The summed E-state index contributed by atoms with van der Waals surface area (Å²) in [7, 11) is 0. The lowest BCUT2D eigenvalue weighted by Crippen LogP contribution is -2.05. The first kappa shape index (κ1) is 10.0. The summed E-state index contributed by atoms with van der Waals surface area (Å²) in [5, 5.41) is 2.89. The number of carbonyl (C=O) groups excluding carboxylic acids is 1. The number of rotatable bonds is 5. The number of nitrogens with one attached hydrogen (secondary N) is 1. The van der Waals surface area contributed by atoms with Gasteiger partial charge in [-0.15, -0.1) is 0 Å². The van der Waals surface area contributed by atoms with E-state index in [2.05, 4.69) is 16.5 Å². The molecule has 3 heteroatoms. The van der Waals surface area contributed by atoms with Crippen molar-refractivity contribution in [2.45, 2.75) is 13.8 Å². The Kier molecular flexibility index (Phi) is 6.48. The van der Waals surface area contributed by atoms with Crippen molar-refractivity contribution in [1.82, 2.24) is 5.32 Å². The number of hydrogen-bond acceptors (Lipinski definition) is 3. The Labute approximate surface area is 67.4 Å². The normalized spacial score (nSPS) is 10.0. The van der Waals surface area contributed by atoms with Crippen molar-refractivity contribution in [3.05, 3.63) is 18.7 Å². The second-order valence-corrected chi connectivity index (χ2v) is 1.76. The maximum Gasteiger partial charge on any atom is 0.319 e. The van der Waals surface area contributed by atoms with Crippen LogP contribution in [-0.4, -0.2) is 19.1 Å². The van der Waals surface area contributed by atoms with Crippen molar-refractivity contribution in [2.75, 3.05) is 13.2 Å². The van der Waals surface area contributed by atoms with Crippen LogP contribution in [0, 0.1) is 6.42 Å². The topological polar surface area (TPSA) is 38.3 Å². The molecular weight excluding hydrogens is 142 g/mol. The van der Waals surface area contributed by atoms with Gasteiger partial charge in [0.25, 0.3) is 0 Å². The molecule has 0 aromatic rings. The van der Waals surface area contributed by atoms with E-state index in [0.29, 0.717) is 6.61 Å². The van der Waals surface area contributed by atoms with Crippen LogP contribution in [0.15, 0.2) is 12.3 Å². The van der Waals surface area contributed by atoms with Crippen LogP contribution in [0.25, 0.3) is 0 Å². The van der Waals surface area contributed by atoms with Gasteiger partial charge in [0.05, 0.1) is 6.61 Å². The second kappa shape index (κ2) is 7.12. The molecule has 0 atom stereocenters. The van der Waals surface area contributed by atoms with Gasteiger partial charge in [0.1, 0.15) is 6.42 Å². The van der Waals surface area contributed by atoms with Gasteiger partial charge in [0, 0.05) is 6.54 Å². The van der Waals surface area contributed by atoms with Crippen molar-refractivity contribution in [2.24, 2.45) is 0 Å². The van der Waals surface area contributed by atoms with Gasteiger partial charge in [-0.05, 0) is 26.1 Å². The minimum absolute atomic E-state index is 0.390. The molecule has 0 aromatic heterocycles. The van der Waals surface area contributed by atoms with E-state index in [1.165, 1.54) is 6.08 Å². The average molecular weight is 155 g/mol. The number of carbonyl (C=O) groups is 1. The Hall–Kier alpha value is -0.990. The molecule has 0 spiro atoms. The summed E-state index contributed by atoms with van der Waals surface area (Å²) in [6, 6.07) is 0. The van der Waals surface area contributed by atoms with Crippen LogP contribution < -0.4 is 5.32 Å². The van der Waals surface area contributed by atoms with E-state index in [9.17, 15) is 4.79 Å². The summed E-state index contributed by atoms with van der Waals surface area (Å²) in [4.78, 5) is 10.6. The van der Waals surface area contributed by atoms with Crippen molar-refractivity contribution in [1.29, 1.82) is 0 Å². The van der Waals surface area contributed by atoms with Gasteiger partial charge in [-0.3, -0.25) is 4.79 Å². The molecule has 0 heterocycles. The molecule has 0 aliphatic rings. The Morgan fingerprint density at radius 3 is 2.91 bits per heavy atom. The lowest BCUT2D eigenvalue weighted by molar-refractivity contribution is -0.138. The predicted molar refractivity (Wildman–Crippen MR) is 42.7 cm³/mol. The summed E-state index contributed by atoms with van der Waals surface area (Å²) >= 11 is 0. The van der Waals surface area contributed by atoms with Gasteiger partial charge in [-0.1, -0.05) is 0 Å². The molecule has 2 radical (unpaired) electrons. The highest BCUT2D eigenvalue weighted by molar-refractivity contribution is 5.81. The van der Waals surface area contributed by atoms with E-state index in [-0.39, 0.29) is 0 Å². The van der Waals surface area contributed by atoms with Crippen molar-refractivity contribution < 1.29 is 9.53 Å². The molecule has 1 N–H and O–H groups in total. The number of hydrogen-bond donors (Lipinski definition) is 1. The zero-order valence-electron chi connectivity index (χ0n) is 6.89. The molecule has 0 rings (SSSR count). The Balaban J connectivity index is 3.29. The molecule has 0 unspecified atom stereocenters. The fraction of sp³-hybridized carbons (Fsp3) is 0.500. The third-order valence-corrected chi connectivity index (χ3v) is 0.882. The Morgan fingerprint density at radius 2 is 2.36 bits per heavy atom. The molecule has 0 aliphatic carbocycles.